The smallest absolute Gasteiger partial charge is 0.198 e. The molecule has 14 rings (SSSR count). The Bertz CT molecular complexity index is 4110. The van der Waals surface area contributed by atoms with Crippen LogP contribution in [0.25, 0.3) is 53.2 Å². The third-order valence-electron chi connectivity index (χ3n) is 21.7. The Morgan fingerprint density at radius 2 is 0.924 bits per heavy atom. The van der Waals surface area contributed by atoms with Gasteiger partial charge >= 0.3 is 0 Å². The maximum absolute atomic E-state index is 7.40. The van der Waals surface area contributed by atoms with E-state index in [9.17, 15) is 0 Å². The molecule has 0 saturated heterocycles. The highest BCUT2D eigenvalue weighted by Gasteiger charge is 2.44. The number of nitrogens with zero attached hydrogens (tertiary/aromatic N) is 1. The quantitative estimate of drug-likeness (QED) is 0.178. The fourth-order valence-electron chi connectivity index (χ4n) is 15.9. The molecule has 0 bridgehead atoms. The van der Waals surface area contributed by atoms with Gasteiger partial charge in [-0.2, -0.15) is 0 Å². The molecule has 5 heteroatoms. The molecule has 9 aromatic rings. The molecule has 3 heterocycles. The van der Waals surface area contributed by atoms with Gasteiger partial charge in [0, 0.05) is 70.5 Å². The first kappa shape index (κ1) is 51.4. The van der Waals surface area contributed by atoms with Crippen LogP contribution in [-0.2, 0) is 43.3 Å². The number of para-hydroxylation sites is 1. The summed E-state index contributed by atoms with van der Waals surface area (Å²) in [5, 5.41) is 9.24. The average molecular weight is 1060 g/mol. The molecule has 3 nitrogen and oxygen atoms in total. The van der Waals surface area contributed by atoms with Crippen molar-refractivity contribution in [2.75, 3.05) is 10.2 Å². The van der Waals surface area contributed by atoms with Gasteiger partial charge in [-0.1, -0.05) is 153 Å². The topological polar surface area (TPSA) is 28.4 Å². The zero-order chi connectivity index (χ0) is 55.5. The van der Waals surface area contributed by atoms with E-state index in [0.29, 0.717) is 0 Å². The fourth-order valence-corrected chi connectivity index (χ4v) is 17.0. The molecule has 0 radical (unpaired) electrons. The number of hydrogen-bond acceptors (Lipinski definition) is 4. The van der Waals surface area contributed by atoms with E-state index in [-0.39, 0.29) is 43.3 Å². The minimum absolute atomic E-state index is 0.0468. The van der Waals surface area contributed by atoms with Crippen LogP contribution in [0.5, 0.6) is 0 Å². The molecule has 0 amide bonds. The van der Waals surface area contributed by atoms with Crippen molar-refractivity contribution in [2.24, 2.45) is 0 Å². The summed E-state index contributed by atoms with van der Waals surface area (Å²) >= 11 is 1.96. The number of thiophene rings is 1. The molecule has 4 aliphatic carbocycles. The van der Waals surface area contributed by atoms with Gasteiger partial charge in [0.1, 0.15) is 11.2 Å². The molecule has 1 N–H and O–H groups in total. The third-order valence-corrected chi connectivity index (χ3v) is 22.8. The van der Waals surface area contributed by atoms with Gasteiger partial charge in [-0.15, -0.1) is 11.3 Å². The summed E-state index contributed by atoms with van der Waals surface area (Å²) in [6.07, 6.45) is 9.44. The third kappa shape index (κ3) is 7.69. The molecular formula is C74H83BN2OS. The Morgan fingerprint density at radius 3 is 1.54 bits per heavy atom. The van der Waals surface area contributed by atoms with Crippen LogP contribution in [0, 0.1) is 0 Å². The number of nitrogens with one attached hydrogen (secondary N) is 1. The molecule has 79 heavy (non-hydrogen) atoms. The molecule has 0 fully saturated rings. The van der Waals surface area contributed by atoms with E-state index in [1.807, 2.05) is 11.3 Å². The monoisotopic (exact) mass is 1060 g/mol. The highest BCUT2D eigenvalue weighted by molar-refractivity contribution is 7.25. The van der Waals surface area contributed by atoms with Gasteiger partial charge in [-0.3, -0.25) is 0 Å². The number of anilines is 5. The number of furan rings is 1. The molecular weight excluding hydrogens is 976 g/mol. The highest BCUT2D eigenvalue weighted by atomic mass is 32.1. The Hall–Kier alpha value is -5.78. The Labute approximate surface area is 476 Å². The van der Waals surface area contributed by atoms with Crippen molar-refractivity contribution in [1.29, 1.82) is 0 Å². The second kappa shape index (κ2) is 16.5. The first-order valence-electron chi connectivity index (χ1n) is 30.1. The Balaban J connectivity index is 1.10. The van der Waals surface area contributed by atoms with Crippen LogP contribution in [0.4, 0.5) is 28.4 Å². The predicted octanol–water partition coefficient (Wildman–Crippen LogP) is 19.9. The number of hydrogen-bond donors (Lipinski definition) is 1. The summed E-state index contributed by atoms with van der Waals surface area (Å²) in [6, 6.07) is 41.7. The van der Waals surface area contributed by atoms with E-state index in [1.165, 1.54) is 155 Å². The lowest BCUT2D eigenvalue weighted by molar-refractivity contribution is 0.332. The van der Waals surface area contributed by atoms with Crippen LogP contribution >= 0.6 is 11.3 Å². The van der Waals surface area contributed by atoms with Gasteiger partial charge in [-0.25, -0.2) is 0 Å². The van der Waals surface area contributed by atoms with Crippen molar-refractivity contribution in [3.05, 3.63) is 148 Å². The molecule has 1 aliphatic heterocycles. The summed E-state index contributed by atoms with van der Waals surface area (Å²) < 4.78 is 10.1. The summed E-state index contributed by atoms with van der Waals surface area (Å²) in [7, 11) is 0.789. The lowest BCUT2D eigenvalue weighted by Gasteiger charge is -2.45. The lowest BCUT2D eigenvalue weighted by Crippen LogP contribution is -2.44. The summed E-state index contributed by atoms with van der Waals surface area (Å²) in [5.41, 5.74) is 25.7. The van der Waals surface area contributed by atoms with Crippen LogP contribution in [0.3, 0.4) is 0 Å². The van der Waals surface area contributed by atoms with E-state index >= 15 is 0 Å². The van der Waals surface area contributed by atoms with E-state index in [2.05, 4.69) is 224 Å². The maximum atomic E-state index is 7.40. The van der Waals surface area contributed by atoms with Crippen LogP contribution in [0.1, 0.15) is 207 Å². The number of rotatable bonds is 4. The standard InChI is InChI=1S/C74H83BN2OS/c1-67(2)25-27-69(5,6)51-33-42(21-23-49(51)67)76-58-41-63-45(46-36-53-56(40-62(46)79-63)74(15,16)32-29-71(53,9)10)35-48(58)64-65-60(37-47-44-19-17-18-20-61(44)78-66(47)64)77(43-22-24-50-52(34-43)70(7,8)28-26-68(50,3)4)59-39-55-54(38-57(59)75-65)72(11,12)30-31-73(55,13)14/h17-24,33-41,75-76H,25-32H2,1-16H3. The molecule has 0 spiro atoms. The molecule has 5 aliphatic rings. The highest BCUT2D eigenvalue weighted by Crippen LogP contribution is 2.55. The van der Waals surface area contributed by atoms with Crippen molar-refractivity contribution < 1.29 is 4.42 Å². The van der Waals surface area contributed by atoms with Crippen molar-refractivity contribution in [1.82, 2.24) is 0 Å². The van der Waals surface area contributed by atoms with Crippen molar-refractivity contribution in [3.8, 4) is 11.1 Å². The van der Waals surface area contributed by atoms with E-state index in [0.717, 1.165) is 40.6 Å². The molecule has 0 unspecified atom stereocenters. The minimum atomic E-state index is 0.0468. The van der Waals surface area contributed by atoms with Crippen LogP contribution in [0.15, 0.2) is 108 Å². The number of fused-ring (bicyclic) bond motifs is 12. The van der Waals surface area contributed by atoms with Gasteiger partial charge in [0.25, 0.3) is 0 Å². The maximum Gasteiger partial charge on any atom is 0.198 e. The SMILES string of the molecule is CC1(C)CCC(C)(C)c2cc(Nc3cc4sc5cc6c(cc5c4cc3-c3c4c(cc5c3oc3ccccc35)N(c3ccc5c(c3)C(C)(C)CCC5(C)C)c3cc5c(cc3B4)C(C)(C)CCC5(C)C)C(C)(C)CCC6(C)C)ccc21. The van der Waals surface area contributed by atoms with Gasteiger partial charge in [-0.05, 0) is 211 Å². The first-order valence-corrected chi connectivity index (χ1v) is 30.9. The zero-order valence-electron chi connectivity index (χ0n) is 50.4. The van der Waals surface area contributed by atoms with Crippen molar-refractivity contribution in [3.63, 3.8) is 0 Å². The summed E-state index contributed by atoms with van der Waals surface area (Å²) in [4.78, 5) is 2.70. The largest absolute Gasteiger partial charge is 0.455 e. The fraction of sp³-hybridized carbons (Fsp3) is 0.432. The van der Waals surface area contributed by atoms with Gasteiger partial charge in [0.2, 0.25) is 0 Å². The number of benzene rings is 7. The van der Waals surface area contributed by atoms with E-state index in [1.54, 1.807) is 0 Å². The van der Waals surface area contributed by atoms with E-state index in [4.69, 9.17) is 4.42 Å². The Kier molecular flexibility index (Phi) is 10.7. The summed E-state index contributed by atoms with van der Waals surface area (Å²) in [5.74, 6) is 0. The second-order valence-corrected chi connectivity index (χ2v) is 31.9. The molecule has 404 valence electrons. The summed E-state index contributed by atoms with van der Waals surface area (Å²) in [6.45, 7) is 39.4. The van der Waals surface area contributed by atoms with Crippen LogP contribution < -0.4 is 21.1 Å². The van der Waals surface area contributed by atoms with Crippen molar-refractivity contribution in [2.45, 2.75) is 205 Å². The first-order chi connectivity index (χ1) is 37.0. The molecule has 0 atom stereocenters. The van der Waals surface area contributed by atoms with Gasteiger partial charge < -0.3 is 14.6 Å². The molecule has 2 aromatic heterocycles. The Morgan fingerprint density at radius 1 is 0.430 bits per heavy atom. The second-order valence-electron chi connectivity index (χ2n) is 30.8. The molecule has 7 aromatic carbocycles. The lowest BCUT2D eigenvalue weighted by atomic mass is 9.55. The van der Waals surface area contributed by atoms with Gasteiger partial charge in [0.15, 0.2) is 7.28 Å². The predicted molar refractivity (Wildman–Crippen MR) is 344 cm³/mol. The normalized spacial score (nSPS) is 21.1. The van der Waals surface area contributed by atoms with Gasteiger partial charge in [0.05, 0.1) is 0 Å². The van der Waals surface area contributed by atoms with Crippen LogP contribution in [0.2, 0.25) is 0 Å². The average Bonchev–Trinajstić information content (AvgIpc) is 4.16. The van der Waals surface area contributed by atoms with E-state index < -0.39 is 0 Å². The zero-order valence-corrected chi connectivity index (χ0v) is 51.3. The van der Waals surface area contributed by atoms with Crippen molar-refractivity contribution >= 4 is 100 Å². The van der Waals surface area contributed by atoms with Crippen LogP contribution in [-0.4, -0.2) is 7.28 Å². The minimum Gasteiger partial charge on any atom is -0.455 e. The molecule has 0 saturated carbocycles.